The van der Waals surface area contributed by atoms with E-state index in [0.717, 1.165) is 32.3 Å². The zero-order chi connectivity index (χ0) is 19.2. The lowest BCUT2D eigenvalue weighted by Gasteiger charge is -2.39. The molecular weight excluding hydrogens is 459 g/mol. The molecule has 0 radical (unpaired) electrons. The Labute approximate surface area is 180 Å². The Bertz CT molecular complexity index is 488. The molecule has 0 aliphatic carbocycles. The van der Waals surface area contributed by atoms with E-state index in [2.05, 4.69) is 31.1 Å². The highest BCUT2D eigenvalue weighted by Crippen LogP contribution is 2.34. The molecule has 2 heterocycles. The molecule has 7 nitrogen and oxygen atoms in total. The molecule has 0 bridgehead atoms. The van der Waals surface area contributed by atoms with Crippen molar-refractivity contribution in [2.24, 2.45) is 22.1 Å². The first kappa shape index (κ1) is 24.3. The van der Waals surface area contributed by atoms with Crippen molar-refractivity contribution in [1.29, 1.82) is 0 Å². The number of nitrogens with one attached hydrogen (secondary N) is 1. The number of aliphatic imine (C=N–C) groups is 1. The topological polar surface area (TPSA) is 89.2 Å². The van der Waals surface area contributed by atoms with Crippen molar-refractivity contribution in [2.75, 3.05) is 32.8 Å². The number of likely N-dealkylation sites (tertiary alicyclic amines) is 1. The van der Waals surface area contributed by atoms with Gasteiger partial charge in [0, 0.05) is 38.2 Å². The van der Waals surface area contributed by atoms with Crippen molar-refractivity contribution >= 4 is 36.0 Å². The van der Waals surface area contributed by atoms with Gasteiger partial charge in [0.05, 0.1) is 12.7 Å². The smallest absolute Gasteiger partial charge is 0.409 e. The zero-order valence-corrected chi connectivity index (χ0v) is 19.5. The molecule has 0 aromatic rings. The molecule has 0 saturated carbocycles. The molecule has 2 saturated heterocycles. The van der Waals surface area contributed by atoms with Gasteiger partial charge in [-0.15, -0.1) is 24.0 Å². The summed E-state index contributed by atoms with van der Waals surface area (Å²) in [5, 5.41) is 3.31. The molecule has 0 aromatic heterocycles. The van der Waals surface area contributed by atoms with E-state index in [-0.39, 0.29) is 47.6 Å². The highest BCUT2D eigenvalue weighted by Gasteiger charge is 2.35. The second kappa shape index (κ2) is 11.3. The summed E-state index contributed by atoms with van der Waals surface area (Å²) < 4.78 is 11.1. The number of rotatable bonds is 4. The minimum atomic E-state index is -0.224. The van der Waals surface area contributed by atoms with E-state index in [1.54, 1.807) is 4.90 Å². The van der Waals surface area contributed by atoms with Crippen molar-refractivity contribution in [2.45, 2.75) is 65.5 Å². The lowest BCUT2D eigenvalue weighted by molar-refractivity contribution is -0.0823. The van der Waals surface area contributed by atoms with Gasteiger partial charge in [0.2, 0.25) is 0 Å². The Kier molecular flexibility index (Phi) is 10.1. The van der Waals surface area contributed by atoms with Gasteiger partial charge in [-0.05, 0) is 38.0 Å². The van der Waals surface area contributed by atoms with Crippen LogP contribution in [0, 0.1) is 11.3 Å². The molecule has 0 aromatic carbocycles. The fourth-order valence-corrected chi connectivity index (χ4v) is 3.88. The summed E-state index contributed by atoms with van der Waals surface area (Å²) >= 11 is 0. The van der Waals surface area contributed by atoms with Crippen LogP contribution < -0.4 is 11.1 Å². The molecule has 2 atom stereocenters. The lowest BCUT2D eigenvalue weighted by atomic mass is 9.78. The Hall–Kier alpha value is -0.770. The summed E-state index contributed by atoms with van der Waals surface area (Å²) in [5.74, 6) is 0.910. The van der Waals surface area contributed by atoms with Gasteiger partial charge < -0.3 is 25.4 Å². The van der Waals surface area contributed by atoms with Crippen LogP contribution in [0.2, 0.25) is 0 Å². The van der Waals surface area contributed by atoms with Gasteiger partial charge in [-0.2, -0.15) is 0 Å². The number of amides is 1. The molecule has 2 rings (SSSR count). The molecule has 8 heteroatoms. The SMILES string of the molecule is CCOC(=O)N1CCC(NC(N)=NCC2CCCOC2C(C)(C)C)CC1.I. The fourth-order valence-electron chi connectivity index (χ4n) is 3.88. The number of carbonyl (C=O) groups is 1. The van der Waals surface area contributed by atoms with Gasteiger partial charge in [-0.3, -0.25) is 4.99 Å². The summed E-state index contributed by atoms with van der Waals surface area (Å²) in [6, 6.07) is 0.255. The van der Waals surface area contributed by atoms with E-state index >= 15 is 0 Å². The Morgan fingerprint density at radius 2 is 1.96 bits per heavy atom. The predicted octanol–water partition coefficient (Wildman–Crippen LogP) is 2.97. The van der Waals surface area contributed by atoms with Crippen LogP contribution >= 0.6 is 24.0 Å². The Balaban J connectivity index is 0.00000364. The second-order valence-corrected chi connectivity index (χ2v) is 8.39. The van der Waals surface area contributed by atoms with Crippen LogP contribution in [0.15, 0.2) is 4.99 Å². The van der Waals surface area contributed by atoms with Crippen LogP contribution in [-0.4, -0.2) is 61.9 Å². The van der Waals surface area contributed by atoms with Crippen molar-refractivity contribution < 1.29 is 14.3 Å². The van der Waals surface area contributed by atoms with Crippen molar-refractivity contribution in [3.05, 3.63) is 0 Å². The molecule has 27 heavy (non-hydrogen) atoms. The van der Waals surface area contributed by atoms with Crippen LogP contribution in [0.5, 0.6) is 0 Å². The standard InChI is InChI=1S/C19H36N4O3.HI/c1-5-25-18(24)23-10-8-15(9-11-23)22-17(20)21-13-14-7-6-12-26-16(14)19(2,3)4;/h14-16H,5-13H2,1-4H3,(H3,20,21,22);1H. The molecule has 1 amide bonds. The van der Waals surface area contributed by atoms with Crippen LogP contribution in [0.4, 0.5) is 4.79 Å². The molecule has 3 N–H and O–H groups in total. The Morgan fingerprint density at radius 1 is 1.30 bits per heavy atom. The predicted molar refractivity (Wildman–Crippen MR) is 119 cm³/mol. The maximum absolute atomic E-state index is 11.7. The molecule has 2 fully saturated rings. The molecule has 158 valence electrons. The van der Waals surface area contributed by atoms with Gasteiger partial charge in [0.1, 0.15) is 0 Å². The number of nitrogens with two attached hydrogens (primary N) is 1. The third-order valence-electron chi connectivity index (χ3n) is 5.17. The summed E-state index contributed by atoms with van der Waals surface area (Å²) in [4.78, 5) is 18.1. The maximum atomic E-state index is 11.7. The van der Waals surface area contributed by atoms with E-state index in [1.807, 2.05) is 6.92 Å². The number of guanidine groups is 1. The molecule has 0 spiro atoms. The number of hydrogen-bond donors (Lipinski definition) is 2. The molecule has 2 aliphatic rings. The number of carbonyl (C=O) groups excluding carboxylic acids is 1. The maximum Gasteiger partial charge on any atom is 0.409 e. The number of halogens is 1. The minimum absolute atomic E-state index is 0. The van der Waals surface area contributed by atoms with Gasteiger partial charge >= 0.3 is 6.09 Å². The molecular formula is C19H37IN4O3. The molecule has 2 aliphatic heterocycles. The van der Waals surface area contributed by atoms with E-state index in [1.165, 1.54) is 0 Å². The summed E-state index contributed by atoms with van der Waals surface area (Å²) in [7, 11) is 0. The molecule has 2 unspecified atom stereocenters. The first-order chi connectivity index (χ1) is 12.3. The minimum Gasteiger partial charge on any atom is -0.450 e. The van der Waals surface area contributed by atoms with E-state index < -0.39 is 0 Å². The highest BCUT2D eigenvalue weighted by atomic mass is 127. The average molecular weight is 496 g/mol. The fraction of sp³-hybridized carbons (Fsp3) is 0.895. The van der Waals surface area contributed by atoms with Gasteiger partial charge in [-0.1, -0.05) is 20.8 Å². The van der Waals surface area contributed by atoms with Gasteiger partial charge in [-0.25, -0.2) is 4.79 Å². The third-order valence-corrected chi connectivity index (χ3v) is 5.17. The van der Waals surface area contributed by atoms with Crippen molar-refractivity contribution in [3.63, 3.8) is 0 Å². The monoisotopic (exact) mass is 496 g/mol. The zero-order valence-electron chi connectivity index (χ0n) is 17.2. The quantitative estimate of drug-likeness (QED) is 0.355. The average Bonchev–Trinajstić information content (AvgIpc) is 2.60. The van der Waals surface area contributed by atoms with Crippen molar-refractivity contribution in [1.82, 2.24) is 10.2 Å². The number of nitrogens with zero attached hydrogens (tertiary/aromatic N) is 2. The lowest BCUT2D eigenvalue weighted by Crippen LogP contribution is -2.49. The first-order valence-corrected chi connectivity index (χ1v) is 9.91. The summed E-state index contributed by atoms with van der Waals surface area (Å²) in [6.07, 6.45) is 3.93. The highest BCUT2D eigenvalue weighted by molar-refractivity contribution is 14.0. The third kappa shape index (κ3) is 7.63. The van der Waals surface area contributed by atoms with E-state index in [4.69, 9.17) is 15.2 Å². The van der Waals surface area contributed by atoms with Crippen LogP contribution in [0.25, 0.3) is 0 Å². The van der Waals surface area contributed by atoms with Crippen molar-refractivity contribution in [3.8, 4) is 0 Å². The number of piperidine rings is 1. The van der Waals surface area contributed by atoms with Crippen LogP contribution in [0.1, 0.15) is 53.4 Å². The largest absolute Gasteiger partial charge is 0.450 e. The van der Waals surface area contributed by atoms with E-state index in [0.29, 0.717) is 38.1 Å². The van der Waals surface area contributed by atoms with E-state index in [9.17, 15) is 4.79 Å². The number of ether oxygens (including phenoxy) is 2. The first-order valence-electron chi connectivity index (χ1n) is 9.91. The van der Waals surface area contributed by atoms with Crippen LogP contribution in [-0.2, 0) is 9.47 Å². The normalized spacial score (nSPS) is 24.9. The second-order valence-electron chi connectivity index (χ2n) is 8.39. The van der Waals surface area contributed by atoms with Gasteiger partial charge in [0.15, 0.2) is 5.96 Å². The summed E-state index contributed by atoms with van der Waals surface area (Å²) in [6.45, 7) is 11.8. The Morgan fingerprint density at radius 3 is 2.56 bits per heavy atom. The van der Waals surface area contributed by atoms with Crippen LogP contribution in [0.3, 0.4) is 0 Å². The number of hydrogen-bond acceptors (Lipinski definition) is 4. The summed E-state index contributed by atoms with van der Waals surface area (Å²) in [5.41, 5.74) is 6.23. The van der Waals surface area contributed by atoms with Gasteiger partial charge in [0.25, 0.3) is 0 Å².